The van der Waals surface area contributed by atoms with Gasteiger partial charge in [0, 0.05) is 6.04 Å². The Morgan fingerprint density at radius 2 is 1.63 bits per heavy atom. The summed E-state index contributed by atoms with van der Waals surface area (Å²) in [5.41, 5.74) is 0.303. The molecule has 1 aliphatic rings. The summed E-state index contributed by atoms with van der Waals surface area (Å²) in [5.74, 6) is -0.649. The number of hydrogen-bond donors (Lipinski definition) is 2. The van der Waals surface area contributed by atoms with Gasteiger partial charge < -0.3 is 14.8 Å². The lowest BCUT2D eigenvalue weighted by molar-refractivity contribution is -0.127. The third kappa shape index (κ3) is 6.92. The van der Waals surface area contributed by atoms with Crippen LogP contribution in [0, 0.1) is 0 Å². The van der Waals surface area contributed by atoms with Crippen molar-refractivity contribution in [2.45, 2.75) is 71.1 Å². The minimum Gasteiger partial charge on any atom is -0.491 e. The molecular weight excluding hydrogens is 348 g/mol. The van der Waals surface area contributed by atoms with E-state index in [1.54, 1.807) is 24.3 Å². The first-order valence-electron chi connectivity index (χ1n) is 9.44. The van der Waals surface area contributed by atoms with Crippen LogP contribution in [-0.4, -0.2) is 36.2 Å². The minimum atomic E-state index is -1.08. The first kappa shape index (κ1) is 20.7. The fourth-order valence-electron chi connectivity index (χ4n) is 2.91. The Kier molecular flexibility index (Phi) is 7.64. The fourth-order valence-corrected chi connectivity index (χ4v) is 2.91. The van der Waals surface area contributed by atoms with Gasteiger partial charge in [-0.3, -0.25) is 10.1 Å². The summed E-state index contributed by atoms with van der Waals surface area (Å²) in [5, 5.41) is 5.01. The normalized spacial score (nSPS) is 15.7. The lowest BCUT2D eigenvalue weighted by atomic mass is 9.96. The van der Waals surface area contributed by atoms with E-state index in [-0.39, 0.29) is 12.1 Å². The summed E-state index contributed by atoms with van der Waals surface area (Å²) in [4.78, 5) is 36.1. The van der Waals surface area contributed by atoms with Gasteiger partial charge in [0.15, 0.2) is 6.10 Å². The van der Waals surface area contributed by atoms with Gasteiger partial charge in [0.2, 0.25) is 0 Å². The molecule has 0 heterocycles. The van der Waals surface area contributed by atoms with Crippen molar-refractivity contribution in [3.63, 3.8) is 0 Å². The largest absolute Gasteiger partial charge is 0.491 e. The molecule has 0 bridgehead atoms. The molecule has 0 saturated heterocycles. The predicted molar refractivity (Wildman–Crippen MR) is 101 cm³/mol. The molecule has 7 nitrogen and oxygen atoms in total. The van der Waals surface area contributed by atoms with Gasteiger partial charge in [0.25, 0.3) is 5.91 Å². The van der Waals surface area contributed by atoms with E-state index < -0.39 is 24.0 Å². The molecule has 148 valence electrons. The number of carbonyl (C=O) groups is 3. The Morgan fingerprint density at radius 1 is 1.00 bits per heavy atom. The monoisotopic (exact) mass is 376 g/mol. The molecule has 3 amide bonds. The number of amides is 3. The third-order valence-corrected chi connectivity index (χ3v) is 4.29. The molecular formula is C20H28N2O5. The maximum atomic E-state index is 12.2. The molecule has 0 spiro atoms. The molecule has 1 aliphatic carbocycles. The zero-order chi connectivity index (χ0) is 19.8. The number of carbonyl (C=O) groups excluding carboxylic acids is 3. The van der Waals surface area contributed by atoms with E-state index in [2.05, 4.69) is 10.6 Å². The average molecular weight is 376 g/mol. The summed E-state index contributed by atoms with van der Waals surface area (Å²) < 4.78 is 10.7. The van der Waals surface area contributed by atoms with E-state index in [0.29, 0.717) is 11.3 Å². The molecule has 2 rings (SSSR count). The zero-order valence-corrected chi connectivity index (χ0v) is 16.1. The van der Waals surface area contributed by atoms with Crippen molar-refractivity contribution in [3.8, 4) is 5.75 Å². The van der Waals surface area contributed by atoms with Crippen LogP contribution in [0.2, 0.25) is 0 Å². The van der Waals surface area contributed by atoms with Crippen LogP contribution in [-0.2, 0) is 9.53 Å². The van der Waals surface area contributed by atoms with Gasteiger partial charge in [0.05, 0.1) is 11.7 Å². The Hall–Kier alpha value is -2.57. The van der Waals surface area contributed by atoms with Crippen LogP contribution in [0.4, 0.5) is 4.79 Å². The van der Waals surface area contributed by atoms with Crippen LogP contribution >= 0.6 is 0 Å². The zero-order valence-electron chi connectivity index (χ0n) is 16.1. The highest BCUT2D eigenvalue weighted by Crippen LogP contribution is 2.17. The van der Waals surface area contributed by atoms with Gasteiger partial charge in [-0.05, 0) is 57.9 Å². The Bertz CT molecular complexity index is 651. The highest BCUT2D eigenvalue weighted by atomic mass is 16.5. The van der Waals surface area contributed by atoms with Crippen molar-refractivity contribution in [1.82, 2.24) is 10.6 Å². The van der Waals surface area contributed by atoms with Gasteiger partial charge >= 0.3 is 12.0 Å². The number of nitrogens with one attached hydrogen (secondary N) is 2. The van der Waals surface area contributed by atoms with Crippen molar-refractivity contribution in [1.29, 1.82) is 0 Å². The molecule has 0 unspecified atom stereocenters. The molecule has 1 aromatic rings. The second-order valence-corrected chi connectivity index (χ2v) is 7.04. The summed E-state index contributed by atoms with van der Waals surface area (Å²) in [7, 11) is 0. The van der Waals surface area contributed by atoms with E-state index in [1.807, 2.05) is 13.8 Å². The van der Waals surface area contributed by atoms with Gasteiger partial charge in [-0.15, -0.1) is 0 Å². The van der Waals surface area contributed by atoms with Crippen LogP contribution < -0.4 is 15.4 Å². The number of ether oxygens (including phenoxy) is 2. The molecule has 1 aromatic carbocycles. The minimum absolute atomic E-state index is 0.0336. The molecule has 1 atom stereocenters. The first-order valence-corrected chi connectivity index (χ1v) is 9.44. The van der Waals surface area contributed by atoms with Crippen LogP contribution in [0.5, 0.6) is 5.75 Å². The van der Waals surface area contributed by atoms with Crippen LogP contribution in [0.3, 0.4) is 0 Å². The van der Waals surface area contributed by atoms with Gasteiger partial charge in [-0.25, -0.2) is 9.59 Å². The summed E-state index contributed by atoms with van der Waals surface area (Å²) in [6.45, 7) is 5.25. The van der Waals surface area contributed by atoms with Crippen LogP contribution in [0.25, 0.3) is 0 Å². The van der Waals surface area contributed by atoms with Crippen molar-refractivity contribution >= 4 is 17.9 Å². The second-order valence-electron chi connectivity index (χ2n) is 7.04. The lowest BCUT2D eigenvalue weighted by Gasteiger charge is -2.23. The standard InChI is InChI=1S/C20H28N2O5/c1-13(2)26-17-11-9-15(10-12-17)19(24)27-14(3)18(23)22-20(25)21-16-7-5-4-6-8-16/h9-14,16H,4-8H2,1-3H3,(H2,21,22,23,25)/t14-/m0/s1. The number of rotatable bonds is 6. The lowest BCUT2D eigenvalue weighted by Crippen LogP contribution is -2.48. The third-order valence-electron chi connectivity index (χ3n) is 4.29. The van der Waals surface area contributed by atoms with E-state index in [4.69, 9.17) is 9.47 Å². The molecule has 27 heavy (non-hydrogen) atoms. The van der Waals surface area contributed by atoms with E-state index in [1.165, 1.54) is 13.3 Å². The summed E-state index contributed by atoms with van der Waals surface area (Å²) in [6.07, 6.45) is 4.12. The maximum Gasteiger partial charge on any atom is 0.338 e. The van der Waals surface area contributed by atoms with Crippen molar-refractivity contribution in [2.75, 3.05) is 0 Å². The van der Waals surface area contributed by atoms with Crippen molar-refractivity contribution < 1.29 is 23.9 Å². The van der Waals surface area contributed by atoms with E-state index in [9.17, 15) is 14.4 Å². The predicted octanol–water partition coefficient (Wildman–Crippen LogP) is 3.18. The molecule has 7 heteroatoms. The van der Waals surface area contributed by atoms with Crippen LogP contribution in [0.15, 0.2) is 24.3 Å². The number of hydrogen-bond acceptors (Lipinski definition) is 5. The van der Waals surface area contributed by atoms with E-state index >= 15 is 0 Å². The molecule has 2 N–H and O–H groups in total. The van der Waals surface area contributed by atoms with Gasteiger partial charge in [-0.1, -0.05) is 19.3 Å². The van der Waals surface area contributed by atoms with Gasteiger partial charge in [-0.2, -0.15) is 0 Å². The quantitative estimate of drug-likeness (QED) is 0.744. The first-order chi connectivity index (χ1) is 12.8. The SMILES string of the molecule is CC(C)Oc1ccc(C(=O)O[C@@H](C)C(=O)NC(=O)NC2CCCCC2)cc1. The maximum absolute atomic E-state index is 12.2. The molecule has 0 aliphatic heterocycles. The number of urea groups is 1. The van der Waals surface area contributed by atoms with Gasteiger partial charge in [0.1, 0.15) is 5.75 Å². The Morgan fingerprint density at radius 3 is 2.22 bits per heavy atom. The van der Waals surface area contributed by atoms with Crippen molar-refractivity contribution in [3.05, 3.63) is 29.8 Å². The fraction of sp³-hybridized carbons (Fsp3) is 0.550. The van der Waals surface area contributed by atoms with Crippen molar-refractivity contribution in [2.24, 2.45) is 0 Å². The van der Waals surface area contributed by atoms with E-state index in [0.717, 1.165) is 25.7 Å². The molecule has 0 radical (unpaired) electrons. The highest BCUT2D eigenvalue weighted by Gasteiger charge is 2.22. The number of esters is 1. The second kappa shape index (κ2) is 9.94. The smallest absolute Gasteiger partial charge is 0.338 e. The average Bonchev–Trinajstić information content (AvgIpc) is 2.62. The summed E-state index contributed by atoms with van der Waals surface area (Å²) in [6, 6.07) is 6.01. The Balaban J connectivity index is 1.80. The summed E-state index contributed by atoms with van der Waals surface area (Å²) >= 11 is 0. The highest BCUT2D eigenvalue weighted by molar-refractivity contribution is 5.98. The number of imide groups is 1. The topological polar surface area (TPSA) is 93.7 Å². The number of benzene rings is 1. The molecule has 1 saturated carbocycles. The molecule has 0 aromatic heterocycles. The molecule has 1 fully saturated rings. The van der Waals surface area contributed by atoms with Crippen LogP contribution in [0.1, 0.15) is 63.2 Å². The Labute approximate surface area is 159 Å².